The van der Waals surface area contributed by atoms with Crippen LogP contribution in [0.1, 0.15) is 74.9 Å². The standard InChI is InChI=1S/C37H46N2O2/c1-36(2,3)32-21-26(24-38(7)30-15-11-9-12-16-30)19-28(34(32)40)23-29-20-27(22-33(35(29)41)37(4,5)6)25-39(8)31-17-13-10-14-18-31/h9-22,40-41H,23-25H2,1-8H3. The molecule has 0 aliphatic heterocycles. The molecular weight excluding hydrogens is 504 g/mol. The molecule has 0 amide bonds. The van der Waals surface area contributed by atoms with Crippen LogP contribution < -0.4 is 9.80 Å². The van der Waals surface area contributed by atoms with Gasteiger partial charge in [0.15, 0.2) is 0 Å². The number of nitrogens with zero attached hydrogens (tertiary/aromatic N) is 2. The quantitative estimate of drug-likeness (QED) is 0.231. The van der Waals surface area contributed by atoms with E-state index in [-0.39, 0.29) is 10.8 Å². The molecule has 2 N–H and O–H groups in total. The van der Waals surface area contributed by atoms with E-state index in [4.69, 9.17) is 0 Å². The van der Waals surface area contributed by atoms with Crippen molar-refractivity contribution in [2.45, 2.75) is 71.9 Å². The van der Waals surface area contributed by atoms with Gasteiger partial charge in [0, 0.05) is 45.0 Å². The summed E-state index contributed by atoms with van der Waals surface area (Å²) in [4.78, 5) is 4.44. The normalized spacial score (nSPS) is 11.9. The molecule has 0 bridgehead atoms. The van der Waals surface area contributed by atoms with E-state index in [9.17, 15) is 10.2 Å². The molecular formula is C37H46N2O2. The van der Waals surface area contributed by atoms with Crippen LogP contribution in [0.5, 0.6) is 11.5 Å². The van der Waals surface area contributed by atoms with Crippen LogP contribution in [-0.2, 0) is 30.3 Å². The summed E-state index contributed by atoms with van der Waals surface area (Å²) < 4.78 is 0. The highest BCUT2D eigenvalue weighted by atomic mass is 16.3. The molecule has 0 fully saturated rings. The summed E-state index contributed by atoms with van der Waals surface area (Å²) in [5.74, 6) is 0.624. The second-order valence-electron chi connectivity index (χ2n) is 13.4. The van der Waals surface area contributed by atoms with Crippen LogP contribution in [0.15, 0.2) is 84.9 Å². The Morgan fingerprint density at radius 3 is 1.20 bits per heavy atom. The minimum absolute atomic E-state index is 0.237. The van der Waals surface area contributed by atoms with Crippen LogP contribution in [0.25, 0.3) is 0 Å². The number of hydrogen-bond donors (Lipinski definition) is 2. The first-order valence-electron chi connectivity index (χ1n) is 14.5. The lowest BCUT2D eigenvalue weighted by Crippen LogP contribution is -2.19. The Bertz CT molecular complexity index is 1350. The third-order valence-electron chi connectivity index (χ3n) is 7.73. The molecule has 4 nitrogen and oxygen atoms in total. The van der Waals surface area contributed by atoms with Gasteiger partial charge in [-0.3, -0.25) is 0 Å². The summed E-state index contributed by atoms with van der Waals surface area (Å²) in [6, 6.07) is 29.1. The maximum atomic E-state index is 11.5. The van der Waals surface area contributed by atoms with E-state index in [1.165, 1.54) is 0 Å². The Morgan fingerprint density at radius 2 is 0.878 bits per heavy atom. The Hall–Kier alpha value is -3.92. The Labute approximate surface area is 246 Å². The third kappa shape index (κ3) is 7.24. The van der Waals surface area contributed by atoms with Gasteiger partial charge in [-0.2, -0.15) is 0 Å². The van der Waals surface area contributed by atoms with Crippen molar-refractivity contribution in [2.75, 3.05) is 23.9 Å². The zero-order chi connectivity index (χ0) is 29.9. The molecule has 0 atom stereocenters. The van der Waals surface area contributed by atoms with Gasteiger partial charge >= 0.3 is 0 Å². The number of rotatable bonds is 8. The smallest absolute Gasteiger partial charge is 0.122 e. The molecule has 0 heterocycles. The first-order chi connectivity index (χ1) is 19.2. The number of benzene rings is 4. The zero-order valence-electron chi connectivity index (χ0n) is 26.0. The van der Waals surface area contributed by atoms with E-state index in [2.05, 4.69) is 114 Å². The van der Waals surface area contributed by atoms with Gasteiger partial charge in [-0.15, -0.1) is 0 Å². The van der Waals surface area contributed by atoms with Crippen LogP contribution in [0.2, 0.25) is 0 Å². The van der Waals surface area contributed by atoms with Crippen molar-refractivity contribution >= 4 is 11.4 Å². The molecule has 4 heteroatoms. The Kier molecular flexibility index (Phi) is 8.72. The number of hydrogen-bond acceptors (Lipinski definition) is 4. The van der Waals surface area contributed by atoms with Crippen LogP contribution in [0.4, 0.5) is 11.4 Å². The van der Waals surface area contributed by atoms with Gasteiger partial charge in [-0.25, -0.2) is 0 Å². The number of phenolic OH excluding ortho intramolecular Hbond substituents is 2. The summed E-state index contributed by atoms with van der Waals surface area (Å²) in [7, 11) is 4.18. The maximum absolute atomic E-state index is 11.5. The lowest BCUT2D eigenvalue weighted by atomic mass is 9.81. The van der Waals surface area contributed by atoms with Gasteiger partial charge in [-0.1, -0.05) is 77.9 Å². The lowest BCUT2D eigenvalue weighted by molar-refractivity contribution is 0.435. The maximum Gasteiger partial charge on any atom is 0.122 e. The van der Waals surface area contributed by atoms with Crippen molar-refractivity contribution in [2.24, 2.45) is 0 Å². The highest BCUT2D eigenvalue weighted by molar-refractivity contribution is 5.55. The van der Waals surface area contributed by atoms with E-state index < -0.39 is 0 Å². The molecule has 0 aliphatic carbocycles. The molecule has 4 aromatic carbocycles. The van der Waals surface area contributed by atoms with Crippen LogP contribution >= 0.6 is 0 Å². The number of para-hydroxylation sites is 2. The van der Waals surface area contributed by atoms with Gasteiger partial charge in [0.1, 0.15) is 11.5 Å². The molecule has 4 aromatic rings. The number of aromatic hydroxyl groups is 2. The highest BCUT2D eigenvalue weighted by Gasteiger charge is 2.25. The molecule has 41 heavy (non-hydrogen) atoms. The zero-order valence-corrected chi connectivity index (χ0v) is 26.0. The molecule has 0 aliphatic rings. The average molecular weight is 551 g/mol. The van der Waals surface area contributed by atoms with Gasteiger partial charge in [0.05, 0.1) is 0 Å². The van der Waals surface area contributed by atoms with Gasteiger partial charge in [-0.05, 0) is 92.7 Å². The molecule has 0 unspecified atom stereocenters. The van der Waals surface area contributed by atoms with E-state index in [0.29, 0.717) is 31.0 Å². The largest absolute Gasteiger partial charge is 0.507 e. The van der Waals surface area contributed by atoms with Crippen molar-refractivity contribution in [1.29, 1.82) is 0 Å². The summed E-state index contributed by atoms with van der Waals surface area (Å²) in [6.45, 7) is 14.2. The first-order valence-corrected chi connectivity index (χ1v) is 14.5. The van der Waals surface area contributed by atoms with Crippen LogP contribution in [0.3, 0.4) is 0 Å². The predicted octanol–water partition coefficient (Wildman–Crippen LogP) is 8.56. The second kappa shape index (κ2) is 11.9. The van der Waals surface area contributed by atoms with Crippen molar-refractivity contribution in [1.82, 2.24) is 0 Å². The fourth-order valence-electron chi connectivity index (χ4n) is 5.42. The van der Waals surface area contributed by atoms with E-state index >= 15 is 0 Å². The van der Waals surface area contributed by atoms with E-state index in [1.807, 2.05) is 36.4 Å². The Balaban J connectivity index is 1.76. The molecule has 0 saturated carbocycles. The summed E-state index contributed by atoms with van der Waals surface area (Å²) in [5.41, 5.74) is 7.57. The number of phenols is 2. The third-order valence-corrected chi connectivity index (χ3v) is 7.73. The average Bonchev–Trinajstić information content (AvgIpc) is 2.91. The van der Waals surface area contributed by atoms with Crippen LogP contribution in [-0.4, -0.2) is 24.3 Å². The minimum atomic E-state index is -0.237. The first kappa shape index (κ1) is 30.0. The topological polar surface area (TPSA) is 46.9 Å². The van der Waals surface area contributed by atoms with Gasteiger partial charge in [0.2, 0.25) is 0 Å². The van der Waals surface area contributed by atoms with Crippen molar-refractivity contribution < 1.29 is 10.2 Å². The van der Waals surface area contributed by atoms with Crippen molar-refractivity contribution in [3.8, 4) is 11.5 Å². The number of anilines is 2. The summed E-state index contributed by atoms with van der Waals surface area (Å²) in [5, 5.41) is 23.1. The summed E-state index contributed by atoms with van der Waals surface area (Å²) in [6.07, 6.45) is 0.440. The van der Waals surface area contributed by atoms with Gasteiger partial charge in [0.25, 0.3) is 0 Å². The molecule has 0 aromatic heterocycles. The fourth-order valence-corrected chi connectivity index (χ4v) is 5.42. The Morgan fingerprint density at radius 1 is 0.537 bits per heavy atom. The minimum Gasteiger partial charge on any atom is -0.507 e. The second-order valence-corrected chi connectivity index (χ2v) is 13.4. The molecule has 216 valence electrons. The molecule has 0 radical (unpaired) electrons. The van der Waals surface area contributed by atoms with Crippen molar-refractivity contribution in [3.63, 3.8) is 0 Å². The van der Waals surface area contributed by atoms with Crippen molar-refractivity contribution in [3.05, 3.63) is 118 Å². The monoisotopic (exact) mass is 550 g/mol. The van der Waals surface area contributed by atoms with Gasteiger partial charge < -0.3 is 20.0 Å². The predicted molar refractivity (Wildman–Crippen MR) is 174 cm³/mol. The SMILES string of the molecule is CN(Cc1cc(Cc2cc(CN(C)c3ccccc3)cc(C(C)(C)C)c2O)c(O)c(C(C)(C)C)c1)c1ccccc1. The highest BCUT2D eigenvalue weighted by Crippen LogP contribution is 2.40. The summed E-state index contributed by atoms with van der Waals surface area (Å²) >= 11 is 0. The molecule has 0 saturated heterocycles. The van der Waals surface area contributed by atoms with E-state index in [1.54, 1.807) is 0 Å². The fraction of sp³-hybridized carbons (Fsp3) is 0.351. The molecule has 4 rings (SSSR count). The van der Waals surface area contributed by atoms with E-state index in [0.717, 1.165) is 44.8 Å². The lowest BCUT2D eigenvalue weighted by Gasteiger charge is -2.27. The van der Waals surface area contributed by atoms with Crippen LogP contribution in [0, 0.1) is 0 Å². The molecule has 0 spiro atoms.